The van der Waals surface area contributed by atoms with Gasteiger partial charge < -0.3 is 16.0 Å². The van der Waals surface area contributed by atoms with E-state index < -0.39 is 17.5 Å². The van der Waals surface area contributed by atoms with E-state index in [1.807, 2.05) is 11.8 Å². The van der Waals surface area contributed by atoms with Gasteiger partial charge in [-0.3, -0.25) is 0 Å². The van der Waals surface area contributed by atoms with Crippen LogP contribution in [0.25, 0.3) is 0 Å². The second-order valence-corrected chi connectivity index (χ2v) is 9.32. The van der Waals surface area contributed by atoms with Gasteiger partial charge in [0.15, 0.2) is 17.5 Å². The number of fused-ring (bicyclic) bond motifs is 2. The van der Waals surface area contributed by atoms with Gasteiger partial charge in [0.25, 0.3) is 0 Å². The molecule has 0 spiro atoms. The second kappa shape index (κ2) is 6.88. The van der Waals surface area contributed by atoms with Crippen LogP contribution < -0.4 is 16.0 Å². The standard InChI is InChI=1S/C21H22F3N3S/c1-10-25-9-18(28-10)12-3-2-4-16-11(12)5-6-17(27-16)14-8-26-21-13(14)7-15(22)19(23)20(21)24/h2-4,7,10,14,17-18,25-27H,5-6,8-9H2,1H3. The lowest BCUT2D eigenvalue weighted by atomic mass is 9.84. The minimum atomic E-state index is -1.41. The van der Waals surface area contributed by atoms with Crippen LogP contribution in [0, 0.1) is 17.5 Å². The molecular weight excluding hydrogens is 383 g/mol. The maximum atomic E-state index is 14.1. The molecule has 1 fully saturated rings. The van der Waals surface area contributed by atoms with E-state index in [2.05, 4.69) is 41.1 Å². The van der Waals surface area contributed by atoms with Gasteiger partial charge in [-0.05, 0) is 48.6 Å². The van der Waals surface area contributed by atoms with E-state index >= 15 is 0 Å². The zero-order valence-corrected chi connectivity index (χ0v) is 16.3. The Bertz CT molecular complexity index is 936. The van der Waals surface area contributed by atoms with Crippen molar-refractivity contribution in [3.63, 3.8) is 0 Å². The Morgan fingerprint density at radius 3 is 2.71 bits per heavy atom. The highest BCUT2D eigenvalue weighted by molar-refractivity contribution is 8.00. The fourth-order valence-corrected chi connectivity index (χ4v) is 6.00. The summed E-state index contributed by atoms with van der Waals surface area (Å²) in [5, 5.41) is 10.9. The van der Waals surface area contributed by atoms with Gasteiger partial charge in [-0.25, -0.2) is 13.2 Å². The van der Waals surface area contributed by atoms with Crippen LogP contribution in [0.3, 0.4) is 0 Å². The van der Waals surface area contributed by atoms with Crippen molar-refractivity contribution in [2.24, 2.45) is 0 Å². The highest BCUT2D eigenvalue weighted by Crippen LogP contribution is 2.44. The fraction of sp³-hybridized carbons (Fsp3) is 0.429. The number of anilines is 2. The third-order valence-corrected chi connectivity index (χ3v) is 7.47. The first-order valence-corrected chi connectivity index (χ1v) is 10.7. The minimum Gasteiger partial charge on any atom is -0.382 e. The van der Waals surface area contributed by atoms with E-state index in [1.54, 1.807) is 0 Å². The van der Waals surface area contributed by atoms with E-state index in [4.69, 9.17) is 0 Å². The topological polar surface area (TPSA) is 36.1 Å². The molecule has 7 heteroatoms. The summed E-state index contributed by atoms with van der Waals surface area (Å²) in [6.07, 6.45) is 1.80. The molecule has 2 aromatic rings. The molecule has 3 aliphatic rings. The third kappa shape index (κ3) is 2.87. The lowest BCUT2D eigenvalue weighted by Crippen LogP contribution is -2.33. The largest absolute Gasteiger partial charge is 0.382 e. The van der Waals surface area contributed by atoms with Gasteiger partial charge in [0.05, 0.1) is 11.1 Å². The quantitative estimate of drug-likeness (QED) is 0.630. The summed E-state index contributed by atoms with van der Waals surface area (Å²) in [6.45, 7) is 3.62. The normalized spacial score (nSPS) is 28.4. The average Bonchev–Trinajstić information content (AvgIpc) is 3.31. The van der Waals surface area contributed by atoms with Crippen LogP contribution >= 0.6 is 11.8 Å². The average molecular weight is 405 g/mol. The predicted molar refractivity (Wildman–Crippen MR) is 108 cm³/mol. The summed E-state index contributed by atoms with van der Waals surface area (Å²) in [6, 6.07) is 7.56. The van der Waals surface area contributed by atoms with Gasteiger partial charge >= 0.3 is 0 Å². The molecule has 3 heterocycles. The summed E-state index contributed by atoms with van der Waals surface area (Å²) < 4.78 is 41.5. The lowest BCUT2D eigenvalue weighted by Gasteiger charge is -2.33. The molecule has 148 valence electrons. The van der Waals surface area contributed by atoms with Crippen LogP contribution in [0.5, 0.6) is 0 Å². The van der Waals surface area contributed by atoms with Gasteiger partial charge in [-0.2, -0.15) is 0 Å². The molecular formula is C21H22F3N3S. The van der Waals surface area contributed by atoms with Crippen LogP contribution in [0.2, 0.25) is 0 Å². The Labute approximate surface area is 166 Å². The number of nitrogens with one attached hydrogen (secondary N) is 3. The zero-order valence-electron chi connectivity index (χ0n) is 15.5. The molecule has 0 aromatic heterocycles. The molecule has 1 saturated heterocycles. The first kappa shape index (κ1) is 18.2. The highest BCUT2D eigenvalue weighted by Gasteiger charge is 2.36. The lowest BCUT2D eigenvalue weighted by molar-refractivity contribution is 0.447. The molecule has 2 aromatic carbocycles. The molecule has 4 atom stereocenters. The van der Waals surface area contributed by atoms with Gasteiger partial charge in [0.1, 0.15) is 0 Å². The Kier molecular flexibility index (Phi) is 4.47. The van der Waals surface area contributed by atoms with E-state index in [1.165, 1.54) is 11.1 Å². The van der Waals surface area contributed by atoms with Crippen molar-refractivity contribution in [1.29, 1.82) is 0 Å². The highest BCUT2D eigenvalue weighted by atomic mass is 32.2. The summed E-state index contributed by atoms with van der Waals surface area (Å²) in [7, 11) is 0. The van der Waals surface area contributed by atoms with E-state index in [0.29, 0.717) is 22.7 Å². The van der Waals surface area contributed by atoms with Crippen molar-refractivity contribution in [2.45, 2.75) is 42.3 Å². The van der Waals surface area contributed by atoms with Crippen LogP contribution in [0.15, 0.2) is 24.3 Å². The Morgan fingerprint density at radius 2 is 1.93 bits per heavy atom. The molecule has 0 saturated carbocycles. The monoisotopic (exact) mass is 405 g/mol. The van der Waals surface area contributed by atoms with Gasteiger partial charge in [0, 0.05) is 36.0 Å². The van der Waals surface area contributed by atoms with Crippen molar-refractivity contribution in [1.82, 2.24) is 5.32 Å². The number of thioether (sulfide) groups is 1. The molecule has 0 aliphatic carbocycles. The number of halogens is 3. The van der Waals surface area contributed by atoms with Gasteiger partial charge in [0.2, 0.25) is 0 Å². The van der Waals surface area contributed by atoms with Crippen molar-refractivity contribution in [3.05, 3.63) is 58.4 Å². The maximum Gasteiger partial charge on any atom is 0.196 e. The van der Waals surface area contributed by atoms with Gasteiger partial charge in [-0.1, -0.05) is 12.1 Å². The molecule has 3 nitrogen and oxygen atoms in total. The Balaban J connectivity index is 1.43. The Morgan fingerprint density at radius 1 is 1.07 bits per heavy atom. The molecule has 0 amide bonds. The Hall–Kier alpha value is -1.86. The van der Waals surface area contributed by atoms with Crippen molar-refractivity contribution < 1.29 is 13.2 Å². The molecule has 0 radical (unpaired) electrons. The molecule has 3 N–H and O–H groups in total. The predicted octanol–water partition coefficient (Wildman–Crippen LogP) is 4.76. The first-order chi connectivity index (χ1) is 13.5. The minimum absolute atomic E-state index is 0.0500. The SMILES string of the molecule is CC1NCC(c2cccc3c2CCC(C2CNc4c2cc(F)c(F)c4F)N3)S1. The van der Waals surface area contributed by atoms with Crippen molar-refractivity contribution in [3.8, 4) is 0 Å². The molecule has 5 rings (SSSR count). The molecule has 28 heavy (non-hydrogen) atoms. The zero-order chi connectivity index (χ0) is 19.4. The number of rotatable bonds is 2. The summed E-state index contributed by atoms with van der Waals surface area (Å²) in [5.41, 5.74) is 4.44. The fourth-order valence-electron chi connectivity index (χ4n) is 4.76. The van der Waals surface area contributed by atoms with E-state index in [9.17, 15) is 13.2 Å². The van der Waals surface area contributed by atoms with Crippen LogP contribution in [-0.4, -0.2) is 24.5 Å². The summed E-state index contributed by atoms with van der Waals surface area (Å²) in [4.78, 5) is 0. The maximum absolute atomic E-state index is 14.1. The van der Waals surface area contributed by atoms with Crippen LogP contribution in [0.4, 0.5) is 24.5 Å². The molecule has 4 unspecified atom stereocenters. The smallest absolute Gasteiger partial charge is 0.196 e. The van der Waals surface area contributed by atoms with Crippen molar-refractivity contribution >= 4 is 23.1 Å². The van der Waals surface area contributed by atoms with Crippen LogP contribution in [0.1, 0.15) is 41.2 Å². The van der Waals surface area contributed by atoms with Crippen LogP contribution in [-0.2, 0) is 6.42 Å². The molecule has 0 bridgehead atoms. The van der Waals surface area contributed by atoms with Gasteiger partial charge in [-0.15, -0.1) is 11.8 Å². The number of hydrogen-bond donors (Lipinski definition) is 3. The molecule has 3 aliphatic heterocycles. The second-order valence-electron chi connectivity index (χ2n) is 7.78. The summed E-state index contributed by atoms with van der Waals surface area (Å²) >= 11 is 1.95. The first-order valence-electron chi connectivity index (χ1n) is 9.71. The summed E-state index contributed by atoms with van der Waals surface area (Å²) in [5.74, 6) is -3.74. The number of benzene rings is 2. The third-order valence-electron chi connectivity index (χ3n) is 6.14. The van der Waals surface area contributed by atoms with E-state index in [0.717, 1.165) is 31.1 Å². The van der Waals surface area contributed by atoms with E-state index in [-0.39, 0.29) is 17.6 Å². The number of hydrogen-bond acceptors (Lipinski definition) is 4. The van der Waals surface area contributed by atoms with Crippen molar-refractivity contribution in [2.75, 3.05) is 23.7 Å².